The average Bonchev–Trinajstić information content (AvgIpc) is 2.23. The Morgan fingerprint density at radius 3 is 2.93 bits per heavy atom. The van der Waals surface area contributed by atoms with Crippen molar-refractivity contribution < 1.29 is 0 Å². The van der Waals surface area contributed by atoms with Crippen LogP contribution < -0.4 is 5.32 Å². The molecule has 0 amide bonds. The number of halogens is 2. The van der Waals surface area contributed by atoms with E-state index in [9.17, 15) is 0 Å². The highest BCUT2D eigenvalue weighted by Crippen LogP contribution is 2.28. The summed E-state index contributed by atoms with van der Waals surface area (Å²) in [5.41, 5.74) is 1.33. The maximum atomic E-state index is 4.30. The van der Waals surface area contributed by atoms with Crippen LogP contribution in [0.15, 0.2) is 21.3 Å². The minimum Gasteiger partial charge on any atom is -0.316 e. The monoisotopic (exact) mass is 318 g/mol. The van der Waals surface area contributed by atoms with Gasteiger partial charge < -0.3 is 5.32 Å². The second-order valence-corrected chi connectivity index (χ2v) is 5.19. The maximum absolute atomic E-state index is 4.30. The fraction of sp³-hybridized carbons (Fsp3) is 0.500. The summed E-state index contributed by atoms with van der Waals surface area (Å²) in [6.07, 6.45) is 4.49. The first-order chi connectivity index (χ1) is 6.77. The van der Waals surface area contributed by atoms with E-state index in [0.29, 0.717) is 5.92 Å². The first kappa shape index (κ1) is 10.6. The molecule has 0 aromatic carbocycles. The third-order valence-corrected chi connectivity index (χ3v) is 4.35. The number of piperidine rings is 1. The van der Waals surface area contributed by atoms with Crippen molar-refractivity contribution in [1.82, 2.24) is 10.3 Å². The van der Waals surface area contributed by atoms with Crippen LogP contribution in [-0.2, 0) is 0 Å². The highest BCUT2D eigenvalue weighted by Gasteiger charge is 2.15. The van der Waals surface area contributed by atoms with Gasteiger partial charge in [-0.05, 0) is 68.8 Å². The summed E-state index contributed by atoms with van der Waals surface area (Å²) in [5.74, 6) is 0.626. The lowest BCUT2D eigenvalue weighted by atomic mass is 9.93. The highest BCUT2D eigenvalue weighted by atomic mass is 79.9. The van der Waals surface area contributed by atoms with Crippen LogP contribution >= 0.6 is 31.9 Å². The Balaban J connectivity index is 2.18. The minimum absolute atomic E-state index is 0.626. The van der Waals surface area contributed by atoms with Gasteiger partial charge in [0.05, 0.1) is 4.47 Å². The number of nitrogens with one attached hydrogen (secondary N) is 1. The number of aromatic nitrogens is 1. The van der Waals surface area contributed by atoms with Gasteiger partial charge in [0.15, 0.2) is 0 Å². The molecule has 1 aliphatic rings. The molecule has 2 nitrogen and oxygen atoms in total. The molecule has 1 N–H and O–H groups in total. The van der Waals surface area contributed by atoms with Gasteiger partial charge in [0.1, 0.15) is 4.60 Å². The van der Waals surface area contributed by atoms with Gasteiger partial charge in [-0.3, -0.25) is 0 Å². The van der Waals surface area contributed by atoms with Crippen LogP contribution in [0, 0.1) is 0 Å². The molecule has 1 aliphatic heterocycles. The normalized spacial score (nSPS) is 22.3. The molecule has 1 fully saturated rings. The predicted molar refractivity (Wildman–Crippen MR) is 64.5 cm³/mol. The van der Waals surface area contributed by atoms with Crippen LogP contribution in [0.5, 0.6) is 0 Å². The van der Waals surface area contributed by atoms with Gasteiger partial charge in [-0.2, -0.15) is 0 Å². The van der Waals surface area contributed by atoms with Crippen LogP contribution in [0.25, 0.3) is 0 Å². The third-order valence-electron chi connectivity index (χ3n) is 2.59. The fourth-order valence-corrected chi connectivity index (χ4v) is 2.38. The van der Waals surface area contributed by atoms with Gasteiger partial charge in [-0.15, -0.1) is 0 Å². The van der Waals surface area contributed by atoms with E-state index in [1.54, 1.807) is 0 Å². The van der Waals surface area contributed by atoms with Gasteiger partial charge >= 0.3 is 0 Å². The lowest BCUT2D eigenvalue weighted by molar-refractivity contribution is 0.460. The summed E-state index contributed by atoms with van der Waals surface area (Å²) in [6, 6.07) is 2.16. The van der Waals surface area contributed by atoms with E-state index in [1.807, 2.05) is 6.20 Å². The van der Waals surface area contributed by atoms with Crippen molar-refractivity contribution in [3.63, 3.8) is 0 Å². The zero-order chi connectivity index (χ0) is 9.97. The van der Waals surface area contributed by atoms with E-state index in [-0.39, 0.29) is 0 Å². The molecule has 0 radical (unpaired) electrons. The van der Waals surface area contributed by atoms with Crippen LogP contribution in [0.2, 0.25) is 0 Å². The number of rotatable bonds is 1. The lowest BCUT2D eigenvalue weighted by Crippen LogP contribution is -2.28. The highest BCUT2D eigenvalue weighted by molar-refractivity contribution is 9.13. The zero-order valence-corrected chi connectivity index (χ0v) is 10.9. The number of hydrogen-bond acceptors (Lipinski definition) is 2. The second kappa shape index (κ2) is 4.73. The summed E-state index contributed by atoms with van der Waals surface area (Å²) >= 11 is 6.86. The third kappa shape index (κ3) is 2.35. The number of hydrogen-bond donors (Lipinski definition) is 1. The molecule has 76 valence electrons. The van der Waals surface area contributed by atoms with Crippen molar-refractivity contribution in [2.75, 3.05) is 13.1 Å². The van der Waals surface area contributed by atoms with E-state index in [0.717, 1.165) is 22.2 Å². The maximum Gasteiger partial charge on any atom is 0.120 e. The SMILES string of the molecule is Brc1cc(C2CCCNC2)cnc1Br. The molecule has 4 heteroatoms. The molecule has 1 saturated heterocycles. The Hall–Kier alpha value is 0.0700. The summed E-state index contributed by atoms with van der Waals surface area (Å²) in [6.45, 7) is 2.23. The molecule has 0 spiro atoms. The van der Waals surface area contributed by atoms with E-state index >= 15 is 0 Å². The van der Waals surface area contributed by atoms with Gasteiger partial charge in [-0.1, -0.05) is 0 Å². The van der Waals surface area contributed by atoms with Crippen LogP contribution in [0.1, 0.15) is 24.3 Å². The van der Waals surface area contributed by atoms with Gasteiger partial charge in [-0.25, -0.2) is 4.98 Å². The molecule has 0 bridgehead atoms. The fourth-order valence-electron chi connectivity index (χ4n) is 1.80. The van der Waals surface area contributed by atoms with Crippen molar-refractivity contribution in [3.05, 3.63) is 26.9 Å². The van der Waals surface area contributed by atoms with Crippen LogP contribution in [0.4, 0.5) is 0 Å². The molecule has 2 heterocycles. The molecule has 1 atom stereocenters. The molecule has 14 heavy (non-hydrogen) atoms. The minimum atomic E-state index is 0.626. The standard InChI is InChI=1S/C10H12Br2N2/c11-9-4-8(6-14-10(9)12)7-2-1-3-13-5-7/h4,6-7,13H,1-3,5H2. The molecule has 1 aromatic rings. The van der Waals surface area contributed by atoms with Crippen molar-refractivity contribution in [3.8, 4) is 0 Å². The summed E-state index contributed by atoms with van der Waals surface area (Å²) in [7, 11) is 0. The zero-order valence-electron chi connectivity index (χ0n) is 7.76. The molecule has 1 aromatic heterocycles. The Bertz CT molecular complexity index is 322. The van der Waals surface area contributed by atoms with Crippen molar-refractivity contribution in [2.24, 2.45) is 0 Å². The molecular formula is C10H12Br2N2. The van der Waals surface area contributed by atoms with E-state index in [1.165, 1.54) is 18.4 Å². The van der Waals surface area contributed by atoms with Crippen LogP contribution in [-0.4, -0.2) is 18.1 Å². The number of pyridine rings is 1. The van der Waals surface area contributed by atoms with Crippen molar-refractivity contribution >= 4 is 31.9 Å². The van der Waals surface area contributed by atoms with Crippen LogP contribution in [0.3, 0.4) is 0 Å². The molecule has 0 aliphatic carbocycles. The Morgan fingerprint density at radius 2 is 2.29 bits per heavy atom. The van der Waals surface area contributed by atoms with Gasteiger partial charge in [0, 0.05) is 12.7 Å². The Morgan fingerprint density at radius 1 is 1.43 bits per heavy atom. The first-order valence-corrected chi connectivity index (χ1v) is 6.37. The summed E-state index contributed by atoms with van der Waals surface area (Å²) in [5, 5.41) is 3.41. The Labute approximate surface area is 101 Å². The van der Waals surface area contributed by atoms with Gasteiger partial charge in [0.25, 0.3) is 0 Å². The predicted octanol–water partition coefficient (Wildman–Crippen LogP) is 3.07. The van der Waals surface area contributed by atoms with Gasteiger partial charge in [0.2, 0.25) is 0 Å². The summed E-state index contributed by atoms with van der Waals surface area (Å²) in [4.78, 5) is 4.30. The van der Waals surface area contributed by atoms with E-state index in [2.05, 4.69) is 48.2 Å². The van der Waals surface area contributed by atoms with Crippen molar-refractivity contribution in [2.45, 2.75) is 18.8 Å². The second-order valence-electron chi connectivity index (χ2n) is 3.58. The Kier molecular flexibility index (Phi) is 3.57. The first-order valence-electron chi connectivity index (χ1n) is 4.79. The molecule has 2 rings (SSSR count). The average molecular weight is 320 g/mol. The lowest BCUT2D eigenvalue weighted by Gasteiger charge is -2.22. The van der Waals surface area contributed by atoms with Crippen molar-refractivity contribution in [1.29, 1.82) is 0 Å². The largest absolute Gasteiger partial charge is 0.316 e. The molecular weight excluding hydrogens is 308 g/mol. The molecule has 1 unspecified atom stereocenters. The number of nitrogens with zero attached hydrogens (tertiary/aromatic N) is 1. The summed E-state index contributed by atoms with van der Waals surface area (Å²) < 4.78 is 1.92. The topological polar surface area (TPSA) is 24.9 Å². The van der Waals surface area contributed by atoms with E-state index < -0.39 is 0 Å². The smallest absolute Gasteiger partial charge is 0.120 e. The van der Waals surface area contributed by atoms with E-state index in [4.69, 9.17) is 0 Å². The molecule has 0 saturated carbocycles. The quantitative estimate of drug-likeness (QED) is 0.805.